The van der Waals surface area contributed by atoms with Crippen LogP contribution in [-0.4, -0.2) is 41.0 Å². The first-order chi connectivity index (χ1) is 21.3. The molecule has 0 aliphatic carbocycles. The predicted octanol–water partition coefficient (Wildman–Crippen LogP) is 5.88. The Balaban J connectivity index is 0.000000246. The van der Waals surface area contributed by atoms with E-state index in [1.807, 2.05) is 38.1 Å². The molecule has 4 aromatic rings. The molecule has 234 valence electrons. The van der Waals surface area contributed by atoms with Crippen molar-refractivity contribution in [3.05, 3.63) is 131 Å². The van der Waals surface area contributed by atoms with Gasteiger partial charge in [0.2, 0.25) is 0 Å². The van der Waals surface area contributed by atoms with Crippen LogP contribution < -0.4 is 9.44 Å². The van der Waals surface area contributed by atoms with E-state index in [1.54, 1.807) is 48.5 Å². The second-order valence-corrected chi connectivity index (χ2v) is 13.0. The number of ether oxygens (including phenoxy) is 1. The molecule has 0 aromatic heterocycles. The third-order valence-electron chi connectivity index (χ3n) is 5.98. The van der Waals surface area contributed by atoms with Crippen LogP contribution in [-0.2, 0) is 34.4 Å². The zero-order valence-electron chi connectivity index (χ0n) is 24.7. The van der Waals surface area contributed by atoms with Gasteiger partial charge in [0, 0.05) is 23.5 Å². The van der Waals surface area contributed by atoms with Crippen molar-refractivity contribution in [2.75, 3.05) is 16.6 Å². The zero-order valence-corrected chi connectivity index (χ0v) is 26.3. The number of aryl methyl sites for hydroxylation is 2. The maximum atomic E-state index is 12.4. The Morgan fingerprint density at radius 3 is 1.42 bits per heavy atom. The molecule has 0 spiro atoms. The minimum Gasteiger partial charge on any atom is -0.478 e. The molecule has 3 N–H and O–H groups in total. The highest BCUT2D eigenvalue weighted by Crippen LogP contribution is 2.19. The van der Waals surface area contributed by atoms with Gasteiger partial charge in [-0.2, -0.15) is 0 Å². The van der Waals surface area contributed by atoms with Crippen molar-refractivity contribution >= 4 is 55.5 Å². The molecule has 0 fully saturated rings. The molecule has 0 atom stereocenters. The lowest BCUT2D eigenvalue weighted by Gasteiger charge is -2.09. The molecule has 0 aliphatic heterocycles. The average molecular weight is 649 g/mol. The Bertz CT molecular complexity index is 1920. The van der Waals surface area contributed by atoms with Crippen molar-refractivity contribution in [3.63, 3.8) is 0 Å². The summed E-state index contributed by atoms with van der Waals surface area (Å²) < 4.78 is 59.0. The molecule has 4 aromatic carbocycles. The van der Waals surface area contributed by atoms with Gasteiger partial charge >= 0.3 is 11.9 Å². The fraction of sp³-hybridized carbons (Fsp3) is 0.0909. The average Bonchev–Trinajstić information content (AvgIpc) is 3.01. The third kappa shape index (κ3) is 11.1. The van der Waals surface area contributed by atoms with Gasteiger partial charge in [-0.25, -0.2) is 26.4 Å². The van der Waals surface area contributed by atoms with E-state index < -0.39 is 32.0 Å². The fourth-order valence-corrected chi connectivity index (χ4v) is 5.87. The Hall–Kier alpha value is -5.20. The molecule has 0 aliphatic rings. The van der Waals surface area contributed by atoms with Crippen molar-refractivity contribution in [3.8, 4) is 0 Å². The van der Waals surface area contributed by atoms with Gasteiger partial charge in [-0.05, 0) is 85.7 Å². The molecule has 0 unspecified atom stereocenters. The molecule has 0 amide bonds. The maximum absolute atomic E-state index is 12.4. The predicted molar refractivity (Wildman–Crippen MR) is 175 cm³/mol. The van der Waals surface area contributed by atoms with Gasteiger partial charge in [-0.3, -0.25) is 9.44 Å². The highest BCUT2D eigenvalue weighted by Gasteiger charge is 2.15. The highest BCUT2D eigenvalue weighted by atomic mass is 32.2. The molecule has 12 heteroatoms. The van der Waals surface area contributed by atoms with E-state index in [0.717, 1.165) is 17.2 Å². The Labute approximate surface area is 262 Å². The Kier molecular flexibility index (Phi) is 11.8. The largest absolute Gasteiger partial charge is 0.478 e. The van der Waals surface area contributed by atoms with Crippen LogP contribution in [0.15, 0.2) is 119 Å². The summed E-state index contributed by atoms with van der Waals surface area (Å²) in [7, 11) is -6.13. The molecule has 0 saturated carbocycles. The van der Waals surface area contributed by atoms with Crippen LogP contribution in [0.1, 0.15) is 22.3 Å². The number of aliphatic carboxylic acids is 1. The van der Waals surface area contributed by atoms with Gasteiger partial charge < -0.3 is 9.84 Å². The summed E-state index contributed by atoms with van der Waals surface area (Å²) in [6, 6.07) is 26.4. The number of benzene rings is 4. The lowest BCUT2D eigenvalue weighted by Crippen LogP contribution is -2.13. The first-order valence-corrected chi connectivity index (χ1v) is 16.3. The smallest absolute Gasteiger partial charge is 0.330 e. The normalized spacial score (nSPS) is 11.4. The zero-order chi connectivity index (χ0) is 33.0. The van der Waals surface area contributed by atoms with Gasteiger partial charge in [-0.1, -0.05) is 59.7 Å². The number of sulfonamides is 2. The minimum absolute atomic E-state index is 0.0700. The molecular weight excluding hydrogens is 617 g/mol. The van der Waals surface area contributed by atoms with Gasteiger partial charge in [0.25, 0.3) is 20.0 Å². The number of rotatable bonds is 10. The van der Waals surface area contributed by atoms with Crippen molar-refractivity contribution in [2.24, 2.45) is 0 Å². The van der Waals surface area contributed by atoms with E-state index >= 15 is 0 Å². The number of anilines is 2. The molecule has 4 rings (SSSR count). The number of hydrogen-bond donors (Lipinski definition) is 3. The summed E-state index contributed by atoms with van der Waals surface area (Å²) >= 11 is 0. The van der Waals surface area contributed by atoms with Gasteiger partial charge in [-0.15, -0.1) is 0 Å². The number of carboxylic acid groups (broad SMARTS) is 1. The van der Waals surface area contributed by atoms with Crippen molar-refractivity contribution in [1.82, 2.24) is 0 Å². The van der Waals surface area contributed by atoms with E-state index in [1.165, 1.54) is 49.6 Å². The lowest BCUT2D eigenvalue weighted by molar-refractivity contribution is -0.135. The maximum Gasteiger partial charge on any atom is 0.330 e. The molecule has 10 nitrogen and oxygen atoms in total. The number of carboxylic acids is 1. The van der Waals surface area contributed by atoms with Gasteiger partial charge in [0.1, 0.15) is 0 Å². The van der Waals surface area contributed by atoms with Crippen LogP contribution in [0.2, 0.25) is 0 Å². The topological polar surface area (TPSA) is 156 Å². The Morgan fingerprint density at radius 2 is 1.04 bits per heavy atom. The molecule has 0 radical (unpaired) electrons. The summed E-state index contributed by atoms with van der Waals surface area (Å²) in [5, 5.41) is 8.60. The fourth-order valence-electron chi connectivity index (χ4n) is 3.64. The first-order valence-electron chi connectivity index (χ1n) is 13.3. The van der Waals surface area contributed by atoms with E-state index in [-0.39, 0.29) is 9.79 Å². The number of carbonyl (C=O) groups is 2. The summed E-state index contributed by atoms with van der Waals surface area (Å²) in [5.41, 5.74) is 4.12. The van der Waals surface area contributed by atoms with E-state index in [9.17, 15) is 26.4 Å². The van der Waals surface area contributed by atoms with Crippen molar-refractivity contribution in [1.29, 1.82) is 0 Å². The molecular formula is C33H32N2O8S2. The van der Waals surface area contributed by atoms with E-state index in [2.05, 4.69) is 14.2 Å². The quantitative estimate of drug-likeness (QED) is 0.142. The van der Waals surface area contributed by atoms with E-state index in [0.29, 0.717) is 22.5 Å². The van der Waals surface area contributed by atoms with Crippen LogP contribution in [0.25, 0.3) is 12.2 Å². The molecule has 0 bridgehead atoms. The monoisotopic (exact) mass is 648 g/mol. The number of carbonyl (C=O) groups excluding carboxylic acids is 1. The second kappa shape index (κ2) is 15.5. The van der Waals surface area contributed by atoms with Crippen LogP contribution >= 0.6 is 0 Å². The number of esters is 1. The standard InChI is InChI=1S/C17H17NO4S.C16H15NO4S/c1-13-6-9-15(10-7-13)18-23(20,21)16-5-3-4-14(12-16)8-11-17(19)22-2;1-12-5-8-14(9-6-12)17-22(20,21)15-4-2-3-13(11-15)7-10-16(18)19/h3-12,18H,1-2H3;2-11,17H,1H3,(H,18,19)/b11-8+;10-7+. The summed E-state index contributed by atoms with van der Waals surface area (Å²) in [6.45, 7) is 3.84. The van der Waals surface area contributed by atoms with Gasteiger partial charge in [0.15, 0.2) is 0 Å². The van der Waals surface area contributed by atoms with Crippen LogP contribution in [0.5, 0.6) is 0 Å². The third-order valence-corrected chi connectivity index (χ3v) is 8.73. The van der Waals surface area contributed by atoms with E-state index in [4.69, 9.17) is 5.11 Å². The van der Waals surface area contributed by atoms with Crippen LogP contribution in [0, 0.1) is 13.8 Å². The first kappa shape index (κ1) is 34.3. The lowest BCUT2D eigenvalue weighted by atomic mass is 10.2. The highest BCUT2D eigenvalue weighted by molar-refractivity contribution is 7.93. The SMILES string of the molecule is COC(=O)/C=C/c1cccc(S(=O)(=O)Nc2ccc(C)cc2)c1.Cc1ccc(NS(=O)(=O)c2cccc(/C=C/C(=O)O)c2)cc1. The summed E-state index contributed by atoms with van der Waals surface area (Å²) in [4.78, 5) is 21.8. The van der Waals surface area contributed by atoms with Gasteiger partial charge in [0.05, 0.1) is 16.9 Å². The summed E-state index contributed by atoms with van der Waals surface area (Å²) in [6.07, 6.45) is 5.03. The molecule has 0 saturated heterocycles. The minimum atomic E-state index is -3.72. The van der Waals surface area contributed by atoms with Crippen LogP contribution in [0.3, 0.4) is 0 Å². The number of methoxy groups -OCH3 is 1. The molecule has 45 heavy (non-hydrogen) atoms. The van der Waals surface area contributed by atoms with Crippen molar-refractivity contribution < 1.29 is 36.3 Å². The molecule has 0 heterocycles. The van der Waals surface area contributed by atoms with Crippen molar-refractivity contribution in [2.45, 2.75) is 23.6 Å². The van der Waals surface area contributed by atoms with Crippen LogP contribution in [0.4, 0.5) is 11.4 Å². The number of nitrogens with one attached hydrogen (secondary N) is 2. The summed E-state index contributed by atoms with van der Waals surface area (Å²) in [5.74, 6) is -1.60. The second-order valence-electron chi connectivity index (χ2n) is 9.62. The number of hydrogen-bond acceptors (Lipinski definition) is 7. The Morgan fingerprint density at radius 1 is 0.644 bits per heavy atom.